The summed E-state index contributed by atoms with van der Waals surface area (Å²) in [6.07, 6.45) is 0.930. The molecule has 0 spiro atoms. The summed E-state index contributed by atoms with van der Waals surface area (Å²) >= 11 is 0. The van der Waals surface area contributed by atoms with Crippen molar-refractivity contribution in [2.75, 3.05) is 51.3 Å². The minimum absolute atomic E-state index is 0.0768. The van der Waals surface area contributed by atoms with Gasteiger partial charge in [-0.1, -0.05) is 30.3 Å². The summed E-state index contributed by atoms with van der Waals surface area (Å²) in [6.45, 7) is 8.38. The van der Waals surface area contributed by atoms with E-state index in [1.807, 2.05) is 66.4 Å². The normalized spacial score (nSPS) is 14.4. The van der Waals surface area contributed by atoms with Gasteiger partial charge in [0.2, 0.25) is 0 Å². The third kappa shape index (κ3) is 7.07. The highest BCUT2D eigenvalue weighted by atomic mass is 16.5. The van der Waals surface area contributed by atoms with Crippen LogP contribution in [0.15, 0.2) is 54.6 Å². The maximum absolute atomic E-state index is 12.9. The first-order valence-corrected chi connectivity index (χ1v) is 10.4. The molecule has 29 heavy (non-hydrogen) atoms. The van der Waals surface area contributed by atoms with Gasteiger partial charge in [0, 0.05) is 38.4 Å². The van der Waals surface area contributed by atoms with Crippen molar-refractivity contribution in [2.45, 2.75) is 19.9 Å². The van der Waals surface area contributed by atoms with Crippen LogP contribution in [0.3, 0.4) is 0 Å². The molecule has 1 aliphatic heterocycles. The SMILES string of the molecule is CCOc1ccc(CN(CCCN2CCOCC2)C(=O)Nc2ccccc2)cc1. The largest absolute Gasteiger partial charge is 0.494 e. The number of morpholine rings is 1. The maximum Gasteiger partial charge on any atom is 0.322 e. The molecule has 2 aromatic carbocycles. The average molecular weight is 398 g/mol. The molecule has 1 N–H and O–H groups in total. The minimum Gasteiger partial charge on any atom is -0.494 e. The number of anilines is 1. The lowest BCUT2D eigenvalue weighted by Crippen LogP contribution is -2.40. The molecule has 156 valence electrons. The molecule has 1 saturated heterocycles. The molecule has 2 amide bonds. The van der Waals surface area contributed by atoms with Gasteiger partial charge in [-0.3, -0.25) is 4.90 Å². The molecule has 6 heteroatoms. The zero-order valence-electron chi connectivity index (χ0n) is 17.2. The summed E-state index contributed by atoms with van der Waals surface area (Å²) in [6, 6.07) is 17.5. The molecule has 0 aromatic heterocycles. The smallest absolute Gasteiger partial charge is 0.322 e. The first kappa shape index (κ1) is 21.1. The Morgan fingerprint density at radius 3 is 2.52 bits per heavy atom. The Balaban J connectivity index is 1.60. The Labute approximate surface area is 173 Å². The second-order valence-electron chi connectivity index (χ2n) is 7.10. The standard InChI is InChI=1S/C23H31N3O3/c1-2-29-22-11-9-20(10-12-22)19-26(14-6-13-25-15-17-28-18-16-25)23(27)24-21-7-4-3-5-8-21/h3-5,7-12H,2,6,13-19H2,1H3,(H,24,27). The summed E-state index contributed by atoms with van der Waals surface area (Å²) in [4.78, 5) is 17.2. The van der Waals surface area contributed by atoms with E-state index < -0.39 is 0 Å². The van der Waals surface area contributed by atoms with Crippen LogP contribution < -0.4 is 10.1 Å². The van der Waals surface area contributed by atoms with Crippen molar-refractivity contribution in [1.82, 2.24) is 9.80 Å². The molecule has 1 fully saturated rings. The van der Waals surface area contributed by atoms with E-state index in [-0.39, 0.29) is 6.03 Å². The van der Waals surface area contributed by atoms with Gasteiger partial charge in [0.05, 0.1) is 19.8 Å². The zero-order chi connectivity index (χ0) is 20.3. The molecular weight excluding hydrogens is 366 g/mol. The first-order valence-electron chi connectivity index (χ1n) is 10.4. The molecule has 6 nitrogen and oxygen atoms in total. The quantitative estimate of drug-likeness (QED) is 0.698. The lowest BCUT2D eigenvalue weighted by molar-refractivity contribution is 0.0365. The van der Waals surface area contributed by atoms with Crippen LogP contribution in [0.25, 0.3) is 0 Å². The number of urea groups is 1. The Morgan fingerprint density at radius 2 is 1.83 bits per heavy atom. The van der Waals surface area contributed by atoms with E-state index in [9.17, 15) is 4.79 Å². The lowest BCUT2D eigenvalue weighted by Gasteiger charge is -2.28. The number of carbonyl (C=O) groups is 1. The van der Waals surface area contributed by atoms with Crippen molar-refractivity contribution in [3.8, 4) is 5.75 Å². The van der Waals surface area contributed by atoms with E-state index in [1.165, 1.54) is 0 Å². The number of hydrogen-bond acceptors (Lipinski definition) is 4. The molecule has 0 atom stereocenters. The molecule has 1 aliphatic rings. The Hall–Kier alpha value is -2.57. The summed E-state index contributed by atoms with van der Waals surface area (Å²) in [5.41, 5.74) is 1.89. The fourth-order valence-electron chi connectivity index (χ4n) is 3.36. The topological polar surface area (TPSA) is 54.0 Å². The number of hydrogen-bond donors (Lipinski definition) is 1. The summed E-state index contributed by atoms with van der Waals surface area (Å²) in [5.74, 6) is 0.851. The van der Waals surface area contributed by atoms with Crippen molar-refractivity contribution in [3.63, 3.8) is 0 Å². The number of nitrogens with zero attached hydrogens (tertiary/aromatic N) is 2. The molecule has 0 saturated carbocycles. The number of benzene rings is 2. The number of para-hydroxylation sites is 1. The first-order chi connectivity index (χ1) is 14.2. The highest BCUT2D eigenvalue weighted by Crippen LogP contribution is 2.15. The van der Waals surface area contributed by atoms with E-state index in [0.717, 1.165) is 56.3 Å². The second kappa shape index (κ2) is 11.4. The van der Waals surface area contributed by atoms with Gasteiger partial charge in [-0.25, -0.2) is 4.79 Å². The third-order valence-electron chi connectivity index (χ3n) is 4.93. The summed E-state index contributed by atoms with van der Waals surface area (Å²) < 4.78 is 10.9. The summed E-state index contributed by atoms with van der Waals surface area (Å²) in [7, 11) is 0. The number of rotatable bonds is 9. The summed E-state index contributed by atoms with van der Waals surface area (Å²) in [5, 5.41) is 3.01. The molecule has 0 bridgehead atoms. The zero-order valence-corrected chi connectivity index (χ0v) is 17.2. The minimum atomic E-state index is -0.0768. The Kier molecular flexibility index (Phi) is 8.34. The van der Waals surface area contributed by atoms with E-state index in [1.54, 1.807) is 0 Å². The second-order valence-corrected chi connectivity index (χ2v) is 7.10. The van der Waals surface area contributed by atoms with Crippen molar-refractivity contribution < 1.29 is 14.3 Å². The van der Waals surface area contributed by atoms with Crippen molar-refractivity contribution in [3.05, 3.63) is 60.2 Å². The highest BCUT2D eigenvalue weighted by Gasteiger charge is 2.16. The van der Waals surface area contributed by atoms with Crippen LogP contribution in [0.2, 0.25) is 0 Å². The van der Waals surface area contributed by atoms with Crippen LogP contribution in [0.4, 0.5) is 10.5 Å². The molecule has 3 rings (SSSR count). The molecular formula is C23H31N3O3. The molecule has 0 aliphatic carbocycles. The molecule has 0 unspecified atom stereocenters. The van der Waals surface area contributed by atoms with Gasteiger partial charge in [-0.2, -0.15) is 0 Å². The van der Waals surface area contributed by atoms with Crippen molar-refractivity contribution >= 4 is 11.7 Å². The van der Waals surface area contributed by atoms with Crippen molar-refractivity contribution in [2.24, 2.45) is 0 Å². The van der Waals surface area contributed by atoms with Gasteiger partial charge < -0.3 is 19.7 Å². The van der Waals surface area contributed by atoms with E-state index >= 15 is 0 Å². The van der Waals surface area contributed by atoms with Gasteiger partial charge >= 0.3 is 6.03 Å². The van der Waals surface area contributed by atoms with E-state index in [0.29, 0.717) is 19.7 Å². The number of carbonyl (C=O) groups excluding carboxylic acids is 1. The molecule has 0 radical (unpaired) electrons. The van der Waals surface area contributed by atoms with Gasteiger partial charge in [0.15, 0.2) is 0 Å². The third-order valence-corrected chi connectivity index (χ3v) is 4.93. The predicted octanol–water partition coefficient (Wildman–Crippen LogP) is 3.84. The van der Waals surface area contributed by atoms with Crippen LogP contribution in [0.5, 0.6) is 5.75 Å². The van der Waals surface area contributed by atoms with Crippen LogP contribution in [-0.2, 0) is 11.3 Å². The van der Waals surface area contributed by atoms with E-state index in [2.05, 4.69) is 10.2 Å². The Bertz CT molecular complexity index is 731. The predicted molar refractivity (Wildman–Crippen MR) is 115 cm³/mol. The molecule has 2 aromatic rings. The fraction of sp³-hybridized carbons (Fsp3) is 0.435. The van der Waals surface area contributed by atoms with Crippen LogP contribution >= 0.6 is 0 Å². The average Bonchev–Trinajstić information content (AvgIpc) is 2.76. The highest BCUT2D eigenvalue weighted by molar-refractivity contribution is 5.89. The number of amides is 2. The molecule has 1 heterocycles. The van der Waals surface area contributed by atoms with Crippen LogP contribution in [0.1, 0.15) is 18.9 Å². The van der Waals surface area contributed by atoms with Crippen LogP contribution in [0, 0.1) is 0 Å². The van der Waals surface area contributed by atoms with E-state index in [4.69, 9.17) is 9.47 Å². The van der Waals surface area contributed by atoms with Crippen molar-refractivity contribution in [1.29, 1.82) is 0 Å². The van der Waals surface area contributed by atoms with Gasteiger partial charge in [-0.05, 0) is 43.2 Å². The number of ether oxygens (including phenoxy) is 2. The number of nitrogens with one attached hydrogen (secondary N) is 1. The maximum atomic E-state index is 12.9. The van der Waals surface area contributed by atoms with Gasteiger partial charge in [0.25, 0.3) is 0 Å². The monoisotopic (exact) mass is 397 g/mol. The van der Waals surface area contributed by atoms with Gasteiger partial charge in [-0.15, -0.1) is 0 Å². The van der Waals surface area contributed by atoms with Crippen LogP contribution in [-0.4, -0.2) is 61.8 Å². The Morgan fingerprint density at radius 1 is 1.10 bits per heavy atom. The van der Waals surface area contributed by atoms with Gasteiger partial charge in [0.1, 0.15) is 5.75 Å². The fourth-order valence-corrected chi connectivity index (χ4v) is 3.36. The lowest BCUT2D eigenvalue weighted by atomic mass is 10.2.